The van der Waals surface area contributed by atoms with Crippen molar-refractivity contribution >= 4 is 17.3 Å². The highest BCUT2D eigenvalue weighted by atomic mass is 19.4. The van der Waals surface area contributed by atoms with Gasteiger partial charge in [-0.25, -0.2) is 23.7 Å². The predicted molar refractivity (Wildman–Crippen MR) is 115 cm³/mol. The van der Waals surface area contributed by atoms with Crippen LogP contribution >= 0.6 is 0 Å². The van der Waals surface area contributed by atoms with Crippen LogP contribution in [-0.2, 0) is 19.0 Å². The number of anilines is 1. The summed E-state index contributed by atoms with van der Waals surface area (Å²) in [5.41, 5.74) is 11.3. The van der Waals surface area contributed by atoms with Gasteiger partial charge in [0.2, 0.25) is 0 Å². The lowest BCUT2D eigenvalue weighted by molar-refractivity contribution is -0.137. The number of rotatable bonds is 3. The summed E-state index contributed by atoms with van der Waals surface area (Å²) < 4.78 is 68.4. The lowest BCUT2D eigenvalue weighted by Gasteiger charge is -2.15. The van der Waals surface area contributed by atoms with Crippen LogP contribution in [0, 0.1) is 11.6 Å². The number of alkyl halides is 3. The minimum atomic E-state index is -4.61. The topological polar surface area (TPSA) is 90.2 Å². The lowest BCUT2D eigenvalue weighted by Crippen LogP contribution is -2.17. The van der Waals surface area contributed by atoms with Crippen molar-refractivity contribution in [3.05, 3.63) is 70.4 Å². The van der Waals surface area contributed by atoms with Crippen molar-refractivity contribution in [3.63, 3.8) is 0 Å². The van der Waals surface area contributed by atoms with Gasteiger partial charge in [-0.3, -0.25) is 0 Å². The molecule has 4 N–H and O–H groups in total. The zero-order chi connectivity index (χ0) is 23.8. The van der Waals surface area contributed by atoms with E-state index in [1.807, 2.05) is 0 Å². The summed E-state index contributed by atoms with van der Waals surface area (Å²) in [5.74, 6) is -2.27. The van der Waals surface area contributed by atoms with Crippen molar-refractivity contribution in [1.82, 2.24) is 9.97 Å². The molecular formula is C23H20F5N5. The molecular weight excluding hydrogens is 441 g/mol. The molecule has 1 aliphatic rings. The highest BCUT2D eigenvalue weighted by Crippen LogP contribution is 2.37. The van der Waals surface area contributed by atoms with Crippen LogP contribution < -0.4 is 11.5 Å². The Bertz CT molecular complexity index is 1240. The van der Waals surface area contributed by atoms with Crippen LogP contribution in [0.2, 0.25) is 0 Å². The fraction of sp³-hybridized carbons (Fsp3) is 0.261. The fourth-order valence-electron chi connectivity index (χ4n) is 3.86. The standard InChI is InChI=1S/C23H20F5N5/c24-12-10-15(19(29)17(25)11-12)20(30)32-22-14-7-2-1-3-9-18(14)31-21(33-22)13-6-4-5-8-16(13)23(26,27)28/h4-6,8,10-11H,1-3,7,9,29H2,(H2,30,31,32,33). The number of amidine groups is 1. The molecule has 0 spiro atoms. The molecule has 1 aliphatic carbocycles. The third-order valence-electron chi connectivity index (χ3n) is 5.48. The number of nitrogens with two attached hydrogens (primary N) is 2. The molecule has 0 saturated heterocycles. The number of aryl methyl sites for hydroxylation is 1. The van der Waals surface area contributed by atoms with Crippen molar-refractivity contribution in [3.8, 4) is 11.4 Å². The maximum atomic E-state index is 13.9. The van der Waals surface area contributed by atoms with Gasteiger partial charge >= 0.3 is 6.18 Å². The molecule has 5 nitrogen and oxygen atoms in total. The number of hydrogen-bond donors (Lipinski definition) is 2. The molecule has 4 rings (SSSR count). The van der Waals surface area contributed by atoms with E-state index in [1.165, 1.54) is 18.2 Å². The van der Waals surface area contributed by atoms with E-state index in [0.29, 0.717) is 30.2 Å². The second kappa shape index (κ2) is 8.76. The molecule has 0 saturated carbocycles. The Hall–Kier alpha value is -3.56. The van der Waals surface area contributed by atoms with E-state index >= 15 is 0 Å². The number of aliphatic imine (C=N–C) groups is 1. The maximum Gasteiger partial charge on any atom is 0.417 e. The number of benzene rings is 2. The number of nitrogens with zero attached hydrogens (tertiary/aromatic N) is 3. The SMILES string of the molecule is NC(=Nc1nc(-c2ccccc2C(F)(F)F)nc2c1CCCCC2)c1cc(F)cc(F)c1N. The van der Waals surface area contributed by atoms with E-state index in [4.69, 9.17) is 11.5 Å². The van der Waals surface area contributed by atoms with E-state index in [9.17, 15) is 22.0 Å². The number of nitrogen functional groups attached to an aromatic ring is 1. The Morgan fingerprint density at radius 1 is 0.970 bits per heavy atom. The van der Waals surface area contributed by atoms with Gasteiger partial charge in [-0.1, -0.05) is 24.6 Å². The molecule has 3 aromatic rings. The van der Waals surface area contributed by atoms with Crippen molar-refractivity contribution in [2.24, 2.45) is 10.7 Å². The fourth-order valence-corrected chi connectivity index (χ4v) is 3.86. The van der Waals surface area contributed by atoms with Gasteiger partial charge in [0, 0.05) is 28.5 Å². The summed E-state index contributed by atoms with van der Waals surface area (Å²) in [4.78, 5) is 13.0. The number of aromatic nitrogens is 2. The van der Waals surface area contributed by atoms with Crippen LogP contribution in [0.4, 0.5) is 33.5 Å². The van der Waals surface area contributed by atoms with Crippen molar-refractivity contribution in [2.45, 2.75) is 38.3 Å². The van der Waals surface area contributed by atoms with E-state index in [0.717, 1.165) is 31.4 Å². The highest BCUT2D eigenvalue weighted by Gasteiger charge is 2.34. The summed E-state index contributed by atoms with van der Waals surface area (Å²) in [6.45, 7) is 0. The van der Waals surface area contributed by atoms with Crippen LogP contribution in [0.3, 0.4) is 0 Å². The maximum absolute atomic E-state index is 13.9. The molecule has 0 amide bonds. The number of halogens is 5. The van der Waals surface area contributed by atoms with Gasteiger partial charge in [0.05, 0.1) is 11.3 Å². The van der Waals surface area contributed by atoms with Crippen molar-refractivity contribution in [1.29, 1.82) is 0 Å². The Balaban J connectivity index is 1.92. The Kier molecular flexibility index (Phi) is 6.01. The summed E-state index contributed by atoms with van der Waals surface area (Å²) in [6, 6.07) is 6.56. The molecule has 10 heteroatoms. The Labute approximate surface area is 186 Å². The molecule has 0 atom stereocenters. The first-order valence-corrected chi connectivity index (χ1v) is 10.3. The number of fused-ring (bicyclic) bond motifs is 1. The first-order valence-electron chi connectivity index (χ1n) is 10.3. The lowest BCUT2D eigenvalue weighted by atomic mass is 10.0. The molecule has 0 radical (unpaired) electrons. The van der Waals surface area contributed by atoms with Gasteiger partial charge in [-0.15, -0.1) is 0 Å². The van der Waals surface area contributed by atoms with Gasteiger partial charge in [0.15, 0.2) is 11.6 Å². The molecule has 33 heavy (non-hydrogen) atoms. The van der Waals surface area contributed by atoms with Gasteiger partial charge in [-0.05, 0) is 37.8 Å². The van der Waals surface area contributed by atoms with Crippen LogP contribution in [-0.4, -0.2) is 15.8 Å². The summed E-state index contributed by atoms with van der Waals surface area (Å²) in [7, 11) is 0. The molecule has 0 bridgehead atoms. The second-order valence-electron chi connectivity index (χ2n) is 7.75. The summed E-state index contributed by atoms with van der Waals surface area (Å²) in [5, 5.41) is 0. The normalized spacial score (nSPS) is 14.6. The van der Waals surface area contributed by atoms with Crippen LogP contribution in [0.25, 0.3) is 11.4 Å². The minimum absolute atomic E-state index is 0.0652. The zero-order valence-corrected chi connectivity index (χ0v) is 17.4. The largest absolute Gasteiger partial charge is 0.417 e. The van der Waals surface area contributed by atoms with Gasteiger partial charge in [0.25, 0.3) is 0 Å². The molecule has 1 heterocycles. The van der Waals surface area contributed by atoms with Crippen LogP contribution in [0.5, 0.6) is 0 Å². The van der Waals surface area contributed by atoms with Crippen molar-refractivity contribution in [2.75, 3.05) is 5.73 Å². The third-order valence-corrected chi connectivity index (χ3v) is 5.48. The summed E-state index contributed by atoms with van der Waals surface area (Å²) in [6.07, 6.45) is -0.985. The predicted octanol–water partition coefficient (Wildman–Crippen LogP) is 5.33. The van der Waals surface area contributed by atoms with Gasteiger partial charge in [-0.2, -0.15) is 13.2 Å². The molecule has 2 aromatic carbocycles. The van der Waals surface area contributed by atoms with Crippen LogP contribution in [0.15, 0.2) is 41.4 Å². The Morgan fingerprint density at radius 2 is 1.70 bits per heavy atom. The average molecular weight is 461 g/mol. The summed E-state index contributed by atoms with van der Waals surface area (Å²) >= 11 is 0. The van der Waals surface area contributed by atoms with Gasteiger partial charge < -0.3 is 11.5 Å². The van der Waals surface area contributed by atoms with Crippen LogP contribution in [0.1, 0.15) is 41.6 Å². The third kappa shape index (κ3) is 4.64. The highest BCUT2D eigenvalue weighted by molar-refractivity contribution is 6.03. The van der Waals surface area contributed by atoms with E-state index < -0.39 is 23.4 Å². The smallest absolute Gasteiger partial charge is 0.396 e. The first kappa shape index (κ1) is 22.6. The molecule has 0 aliphatic heterocycles. The van der Waals surface area contributed by atoms with E-state index in [-0.39, 0.29) is 34.3 Å². The van der Waals surface area contributed by atoms with E-state index in [2.05, 4.69) is 15.0 Å². The second-order valence-corrected chi connectivity index (χ2v) is 7.75. The quantitative estimate of drug-likeness (QED) is 0.181. The molecule has 1 aromatic heterocycles. The Morgan fingerprint density at radius 3 is 2.45 bits per heavy atom. The average Bonchev–Trinajstić information content (AvgIpc) is 3.01. The molecule has 0 unspecified atom stereocenters. The first-order chi connectivity index (χ1) is 15.6. The molecule has 0 fully saturated rings. The van der Waals surface area contributed by atoms with E-state index in [1.54, 1.807) is 0 Å². The number of hydrogen-bond acceptors (Lipinski definition) is 4. The zero-order valence-electron chi connectivity index (χ0n) is 17.4. The minimum Gasteiger partial charge on any atom is -0.396 e. The monoisotopic (exact) mass is 461 g/mol. The van der Waals surface area contributed by atoms with Gasteiger partial charge in [0.1, 0.15) is 17.5 Å². The van der Waals surface area contributed by atoms with Crippen molar-refractivity contribution < 1.29 is 22.0 Å². The molecule has 172 valence electrons.